The number of carbonyl (C=O) groups is 1. The molecule has 0 atom stereocenters. The van der Waals surface area contributed by atoms with Gasteiger partial charge in [-0.15, -0.1) is 0 Å². The Morgan fingerprint density at radius 1 is 1.05 bits per heavy atom. The maximum absolute atomic E-state index is 11.0. The van der Waals surface area contributed by atoms with Gasteiger partial charge in [-0.2, -0.15) is 0 Å². The Kier molecular flexibility index (Phi) is 4.56. The molecule has 0 aromatic heterocycles. The summed E-state index contributed by atoms with van der Waals surface area (Å²) in [6, 6.07) is 15.7. The molecular weight excluding hydrogens is 252 g/mol. The van der Waals surface area contributed by atoms with Gasteiger partial charge in [-0.25, -0.2) is 4.79 Å². The third kappa shape index (κ3) is 3.48. The molecule has 0 radical (unpaired) electrons. The van der Waals surface area contributed by atoms with E-state index in [9.17, 15) is 4.79 Å². The summed E-state index contributed by atoms with van der Waals surface area (Å²) in [5.41, 5.74) is 3.16. The van der Waals surface area contributed by atoms with Crippen LogP contribution in [0.25, 0.3) is 11.1 Å². The van der Waals surface area contributed by atoms with Crippen molar-refractivity contribution in [2.45, 2.75) is 6.61 Å². The lowest BCUT2D eigenvalue weighted by Crippen LogP contribution is -1.99. The topological polar surface area (TPSA) is 35.5 Å². The number of methoxy groups -OCH3 is 1. The third-order valence-corrected chi connectivity index (χ3v) is 2.93. The fraction of sp³-hybridized carbons (Fsp3) is 0.118. The number of rotatable bonds is 5. The normalized spacial score (nSPS) is 9.85. The molecule has 0 spiro atoms. The molecule has 3 heteroatoms. The molecule has 0 saturated heterocycles. The highest BCUT2D eigenvalue weighted by molar-refractivity contribution is 5.81. The third-order valence-electron chi connectivity index (χ3n) is 2.93. The van der Waals surface area contributed by atoms with E-state index in [-0.39, 0.29) is 6.61 Å². The minimum Gasteiger partial charge on any atom is -0.497 e. The Bertz CT molecular complexity index is 583. The fourth-order valence-electron chi connectivity index (χ4n) is 1.79. The SMILES string of the molecule is C=CC(=O)OCc1ccc(-c2ccc(OC)cc2)cc1. The molecule has 0 N–H and O–H groups in total. The maximum Gasteiger partial charge on any atom is 0.330 e. The molecule has 2 aromatic carbocycles. The second-order valence-corrected chi connectivity index (χ2v) is 4.24. The quantitative estimate of drug-likeness (QED) is 0.614. The van der Waals surface area contributed by atoms with Crippen LogP contribution in [-0.2, 0) is 16.1 Å². The molecule has 0 amide bonds. The van der Waals surface area contributed by atoms with Crippen molar-refractivity contribution in [1.29, 1.82) is 0 Å². The summed E-state index contributed by atoms with van der Waals surface area (Å²) >= 11 is 0. The largest absolute Gasteiger partial charge is 0.497 e. The van der Waals surface area contributed by atoms with Gasteiger partial charge in [0, 0.05) is 6.08 Å². The summed E-state index contributed by atoms with van der Waals surface area (Å²) in [5.74, 6) is 0.422. The van der Waals surface area contributed by atoms with Crippen molar-refractivity contribution in [2.75, 3.05) is 7.11 Å². The van der Waals surface area contributed by atoms with Gasteiger partial charge < -0.3 is 9.47 Å². The van der Waals surface area contributed by atoms with Crippen LogP contribution in [0.5, 0.6) is 5.75 Å². The second-order valence-electron chi connectivity index (χ2n) is 4.24. The Hall–Kier alpha value is -2.55. The molecule has 0 heterocycles. The van der Waals surface area contributed by atoms with Crippen LogP contribution < -0.4 is 4.74 Å². The summed E-state index contributed by atoms with van der Waals surface area (Å²) in [4.78, 5) is 11.0. The molecule has 2 rings (SSSR count). The van der Waals surface area contributed by atoms with Crippen LogP contribution >= 0.6 is 0 Å². The molecule has 0 saturated carbocycles. The van der Waals surface area contributed by atoms with Crippen LogP contribution in [0.2, 0.25) is 0 Å². The minimum absolute atomic E-state index is 0.258. The summed E-state index contributed by atoms with van der Waals surface area (Å²) in [7, 11) is 1.65. The van der Waals surface area contributed by atoms with E-state index < -0.39 is 5.97 Å². The van der Waals surface area contributed by atoms with E-state index in [0.717, 1.165) is 28.5 Å². The summed E-state index contributed by atoms with van der Waals surface area (Å²) in [6.45, 7) is 3.61. The Morgan fingerprint density at radius 3 is 2.10 bits per heavy atom. The van der Waals surface area contributed by atoms with Crippen molar-refractivity contribution < 1.29 is 14.3 Å². The number of hydrogen-bond acceptors (Lipinski definition) is 3. The van der Waals surface area contributed by atoms with Crippen LogP contribution in [0, 0.1) is 0 Å². The molecule has 0 unspecified atom stereocenters. The maximum atomic E-state index is 11.0. The van der Waals surface area contributed by atoms with Gasteiger partial charge in [0.15, 0.2) is 0 Å². The lowest BCUT2D eigenvalue weighted by molar-refractivity contribution is -0.138. The van der Waals surface area contributed by atoms with E-state index in [4.69, 9.17) is 9.47 Å². The zero-order valence-electron chi connectivity index (χ0n) is 11.3. The lowest BCUT2D eigenvalue weighted by Gasteiger charge is -2.06. The Morgan fingerprint density at radius 2 is 1.60 bits per heavy atom. The monoisotopic (exact) mass is 268 g/mol. The van der Waals surface area contributed by atoms with Crippen LogP contribution in [0.4, 0.5) is 0 Å². The van der Waals surface area contributed by atoms with Gasteiger partial charge in [-0.05, 0) is 28.8 Å². The van der Waals surface area contributed by atoms with Crippen molar-refractivity contribution in [3.63, 3.8) is 0 Å². The van der Waals surface area contributed by atoms with E-state index in [1.54, 1.807) is 7.11 Å². The number of hydrogen-bond donors (Lipinski definition) is 0. The zero-order valence-corrected chi connectivity index (χ0v) is 11.3. The van der Waals surface area contributed by atoms with Crippen molar-refractivity contribution in [3.05, 3.63) is 66.7 Å². The van der Waals surface area contributed by atoms with Crippen LogP contribution in [-0.4, -0.2) is 13.1 Å². The van der Waals surface area contributed by atoms with Crippen molar-refractivity contribution in [2.24, 2.45) is 0 Å². The van der Waals surface area contributed by atoms with Crippen LogP contribution in [0.3, 0.4) is 0 Å². The number of ether oxygens (including phenoxy) is 2. The first-order chi connectivity index (χ1) is 9.72. The highest BCUT2D eigenvalue weighted by atomic mass is 16.5. The van der Waals surface area contributed by atoms with Gasteiger partial charge in [0.25, 0.3) is 0 Å². The number of esters is 1. The number of benzene rings is 2. The molecule has 102 valence electrons. The molecule has 2 aromatic rings. The number of carbonyl (C=O) groups excluding carboxylic acids is 1. The first-order valence-corrected chi connectivity index (χ1v) is 6.25. The van der Waals surface area contributed by atoms with Gasteiger partial charge in [-0.1, -0.05) is 43.0 Å². The average Bonchev–Trinajstić information content (AvgIpc) is 2.53. The highest BCUT2D eigenvalue weighted by Gasteiger charge is 2.01. The molecule has 0 aliphatic rings. The van der Waals surface area contributed by atoms with Gasteiger partial charge in [-0.3, -0.25) is 0 Å². The zero-order chi connectivity index (χ0) is 14.4. The van der Waals surface area contributed by atoms with E-state index in [2.05, 4.69) is 6.58 Å². The molecule has 20 heavy (non-hydrogen) atoms. The van der Waals surface area contributed by atoms with E-state index >= 15 is 0 Å². The van der Waals surface area contributed by atoms with Gasteiger partial charge in [0.05, 0.1) is 7.11 Å². The molecule has 0 aliphatic carbocycles. The first-order valence-electron chi connectivity index (χ1n) is 6.25. The van der Waals surface area contributed by atoms with E-state index in [1.807, 2.05) is 48.5 Å². The van der Waals surface area contributed by atoms with Crippen molar-refractivity contribution in [1.82, 2.24) is 0 Å². The standard InChI is InChI=1S/C17H16O3/c1-3-17(18)20-12-13-4-6-14(7-5-13)15-8-10-16(19-2)11-9-15/h3-11H,1,12H2,2H3. The first kappa shape index (κ1) is 13.9. The molecule has 0 fully saturated rings. The second kappa shape index (κ2) is 6.57. The molecule has 3 nitrogen and oxygen atoms in total. The van der Waals surface area contributed by atoms with Gasteiger partial charge in [0.1, 0.15) is 12.4 Å². The summed E-state index contributed by atoms with van der Waals surface area (Å²) in [5, 5.41) is 0. The highest BCUT2D eigenvalue weighted by Crippen LogP contribution is 2.22. The predicted molar refractivity (Wildman–Crippen MR) is 78.4 cm³/mol. The Balaban J connectivity index is 2.06. The Labute approximate surface area is 118 Å². The van der Waals surface area contributed by atoms with Crippen LogP contribution in [0.1, 0.15) is 5.56 Å². The smallest absolute Gasteiger partial charge is 0.330 e. The van der Waals surface area contributed by atoms with Crippen LogP contribution in [0.15, 0.2) is 61.2 Å². The lowest BCUT2D eigenvalue weighted by atomic mass is 10.0. The molecular formula is C17H16O3. The summed E-state index contributed by atoms with van der Waals surface area (Å²) in [6.07, 6.45) is 1.16. The van der Waals surface area contributed by atoms with Gasteiger partial charge >= 0.3 is 5.97 Å². The van der Waals surface area contributed by atoms with E-state index in [1.165, 1.54) is 0 Å². The fourth-order valence-corrected chi connectivity index (χ4v) is 1.79. The predicted octanol–water partition coefficient (Wildman–Crippen LogP) is 3.59. The summed E-state index contributed by atoms with van der Waals surface area (Å²) < 4.78 is 10.1. The molecule has 0 aliphatic heterocycles. The average molecular weight is 268 g/mol. The minimum atomic E-state index is -0.413. The van der Waals surface area contributed by atoms with Crippen molar-refractivity contribution >= 4 is 5.97 Å². The van der Waals surface area contributed by atoms with Gasteiger partial charge in [0.2, 0.25) is 0 Å². The van der Waals surface area contributed by atoms with Crippen molar-refractivity contribution in [3.8, 4) is 16.9 Å². The molecule has 0 bridgehead atoms. The van der Waals surface area contributed by atoms with E-state index in [0.29, 0.717) is 0 Å².